The zero-order valence-electron chi connectivity index (χ0n) is 22.1. The van der Waals surface area contributed by atoms with Crippen LogP contribution in [0.4, 0.5) is 18.9 Å². The van der Waals surface area contributed by atoms with Gasteiger partial charge < -0.3 is 14.6 Å². The van der Waals surface area contributed by atoms with E-state index in [1.54, 1.807) is 0 Å². The van der Waals surface area contributed by atoms with Gasteiger partial charge in [-0.25, -0.2) is 14.5 Å². The highest BCUT2D eigenvalue weighted by molar-refractivity contribution is 7.90. The smallest absolute Gasteiger partial charge is 0.451 e. The van der Waals surface area contributed by atoms with E-state index in [-0.39, 0.29) is 40.4 Å². The van der Waals surface area contributed by atoms with Crippen LogP contribution in [0, 0.1) is 11.8 Å². The largest absolute Gasteiger partial charge is 0.492 e. The molecule has 1 aliphatic carbocycles. The molecule has 0 unspecified atom stereocenters. The minimum absolute atomic E-state index is 0.0122. The van der Waals surface area contributed by atoms with E-state index in [0.717, 1.165) is 37.2 Å². The Morgan fingerprint density at radius 1 is 1.02 bits per heavy atom. The molecule has 2 atom stereocenters. The quantitative estimate of drug-likeness (QED) is 0.403. The summed E-state index contributed by atoms with van der Waals surface area (Å²) in [6.45, 7) is -0.0122. The summed E-state index contributed by atoms with van der Waals surface area (Å²) in [5, 5.41) is 3.51. The summed E-state index contributed by atoms with van der Waals surface area (Å²) in [5.41, 5.74) is 0.466. The van der Waals surface area contributed by atoms with Gasteiger partial charge >= 0.3 is 18.1 Å². The molecule has 2 fully saturated rings. The molecule has 2 aromatic heterocycles. The predicted molar refractivity (Wildman–Crippen MR) is 141 cm³/mol. The molecule has 42 heavy (non-hydrogen) atoms. The fraction of sp³-hybridized carbons (Fsp3) is 0.407. The van der Waals surface area contributed by atoms with E-state index in [9.17, 15) is 36.0 Å². The first kappa shape index (κ1) is 29.5. The molecule has 0 radical (unpaired) electrons. The summed E-state index contributed by atoms with van der Waals surface area (Å²) in [7, 11) is -4.26. The molecule has 5 rings (SSSR count). The van der Waals surface area contributed by atoms with Gasteiger partial charge in [0.05, 0.1) is 0 Å². The number of nitrogens with one attached hydrogen (secondary N) is 2. The number of hydroxylamine groups is 2. The first-order chi connectivity index (χ1) is 19.9. The lowest BCUT2D eigenvalue weighted by molar-refractivity contribution is -0.241. The van der Waals surface area contributed by atoms with Crippen molar-refractivity contribution in [1.29, 1.82) is 0 Å². The molecule has 3 aromatic rings. The van der Waals surface area contributed by atoms with Gasteiger partial charge in [-0.15, -0.1) is 5.06 Å². The Morgan fingerprint density at radius 2 is 1.79 bits per heavy atom. The van der Waals surface area contributed by atoms with Crippen LogP contribution < -0.4 is 10.0 Å². The third kappa shape index (κ3) is 6.41. The van der Waals surface area contributed by atoms with Crippen LogP contribution in [-0.4, -0.2) is 55.0 Å². The Kier molecular flexibility index (Phi) is 8.23. The van der Waals surface area contributed by atoms with Crippen LogP contribution in [0.3, 0.4) is 0 Å². The number of aromatic nitrogens is 1. The van der Waals surface area contributed by atoms with Crippen molar-refractivity contribution in [3.63, 3.8) is 0 Å². The lowest BCUT2D eigenvalue weighted by Gasteiger charge is -2.32. The lowest BCUT2D eigenvalue weighted by atomic mass is 9.76. The highest BCUT2D eigenvalue weighted by Crippen LogP contribution is 2.40. The Bertz CT molecular complexity index is 1590. The van der Waals surface area contributed by atoms with E-state index < -0.39 is 40.0 Å². The maximum absolute atomic E-state index is 13.5. The molecule has 2 aliphatic rings. The van der Waals surface area contributed by atoms with E-state index in [1.165, 1.54) is 48.7 Å². The molecule has 0 spiro atoms. The molecule has 15 heteroatoms. The van der Waals surface area contributed by atoms with Crippen molar-refractivity contribution in [2.45, 2.75) is 55.8 Å². The maximum Gasteiger partial charge on any atom is 0.492 e. The van der Waals surface area contributed by atoms with E-state index in [1.807, 2.05) is 4.72 Å². The first-order valence-corrected chi connectivity index (χ1v) is 14.8. The van der Waals surface area contributed by atoms with Crippen LogP contribution in [0.25, 0.3) is 11.0 Å². The SMILES string of the molecule is O=C(NS(=O)(=O)c1ccccn1)c1cc2cc(NC(=O)[C@@H]3[C@H](C4CCCCC4)CCN3OC(=O)C(F)(F)F)ccc2o1. The minimum Gasteiger partial charge on any atom is -0.451 e. The van der Waals surface area contributed by atoms with Gasteiger partial charge in [-0.05, 0) is 54.7 Å². The van der Waals surface area contributed by atoms with E-state index >= 15 is 0 Å². The molecule has 1 saturated carbocycles. The van der Waals surface area contributed by atoms with Crippen molar-refractivity contribution in [2.75, 3.05) is 11.9 Å². The Hall–Kier alpha value is -3.98. The number of benzene rings is 1. The number of anilines is 1. The van der Waals surface area contributed by atoms with Crippen molar-refractivity contribution in [3.05, 3.63) is 54.4 Å². The minimum atomic E-state index is -5.21. The molecule has 11 nitrogen and oxygen atoms in total. The average molecular weight is 609 g/mol. The topological polar surface area (TPSA) is 148 Å². The zero-order chi connectivity index (χ0) is 30.1. The number of halogens is 3. The van der Waals surface area contributed by atoms with Crippen molar-refractivity contribution in [2.24, 2.45) is 11.8 Å². The highest BCUT2D eigenvalue weighted by Gasteiger charge is 2.49. The monoisotopic (exact) mass is 608 g/mol. The summed E-state index contributed by atoms with van der Waals surface area (Å²) >= 11 is 0. The summed E-state index contributed by atoms with van der Waals surface area (Å²) in [6, 6.07) is 8.73. The molecule has 3 heterocycles. The second kappa shape index (κ2) is 11.7. The number of pyridine rings is 1. The van der Waals surface area contributed by atoms with Crippen molar-refractivity contribution in [1.82, 2.24) is 14.8 Å². The molecule has 0 bridgehead atoms. The number of rotatable bonds is 7. The van der Waals surface area contributed by atoms with Gasteiger partial charge in [0.2, 0.25) is 5.91 Å². The summed E-state index contributed by atoms with van der Waals surface area (Å²) in [4.78, 5) is 46.0. The fourth-order valence-corrected chi connectivity index (χ4v) is 6.52. The van der Waals surface area contributed by atoms with Gasteiger partial charge in [0.1, 0.15) is 11.6 Å². The Morgan fingerprint density at radius 3 is 2.48 bits per heavy atom. The Balaban J connectivity index is 1.33. The van der Waals surface area contributed by atoms with Crippen molar-refractivity contribution >= 4 is 44.5 Å². The second-order valence-electron chi connectivity index (χ2n) is 10.3. The maximum atomic E-state index is 13.5. The van der Waals surface area contributed by atoms with Crippen LogP contribution in [-0.2, 0) is 24.4 Å². The number of sulfonamides is 1. The zero-order valence-corrected chi connectivity index (χ0v) is 22.9. The Labute approximate surface area is 238 Å². The summed E-state index contributed by atoms with van der Waals surface area (Å²) in [5.74, 6) is -4.58. The van der Waals surface area contributed by atoms with Crippen LogP contribution in [0.2, 0.25) is 0 Å². The van der Waals surface area contributed by atoms with Crippen LogP contribution in [0.1, 0.15) is 49.1 Å². The molecule has 1 saturated heterocycles. The highest BCUT2D eigenvalue weighted by atomic mass is 32.2. The predicted octanol–water partition coefficient (Wildman–Crippen LogP) is 4.18. The van der Waals surface area contributed by atoms with Crippen LogP contribution in [0.5, 0.6) is 0 Å². The average Bonchev–Trinajstić information content (AvgIpc) is 3.57. The number of carbonyl (C=O) groups is 3. The summed E-state index contributed by atoms with van der Waals surface area (Å²) in [6.07, 6.45) is 1.06. The van der Waals surface area contributed by atoms with E-state index in [2.05, 4.69) is 15.1 Å². The normalized spacial score (nSPS) is 20.4. The standard InChI is InChI=1S/C27H27F3N4O7S/c28-27(29,30)26(37)41-34-13-11-19(16-6-2-1-3-7-16)23(34)25(36)32-18-9-10-20-17(14-18)15-21(40-20)24(35)33-42(38,39)22-8-4-5-12-31-22/h4-5,8-10,12,14-16,19,23H,1-3,6-7,11,13H2,(H,32,36)(H,33,35)/t19-,23-/m0/s1. The van der Waals surface area contributed by atoms with Crippen LogP contribution in [0.15, 0.2) is 58.1 Å². The van der Waals surface area contributed by atoms with E-state index in [0.29, 0.717) is 11.8 Å². The van der Waals surface area contributed by atoms with Crippen molar-refractivity contribution < 1.29 is 45.2 Å². The third-order valence-electron chi connectivity index (χ3n) is 7.50. The fourth-order valence-electron chi connectivity index (χ4n) is 5.61. The number of nitrogens with zero attached hydrogens (tertiary/aromatic N) is 2. The first-order valence-electron chi connectivity index (χ1n) is 13.3. The molecule has 2 N–H and O–H groups in total. The number of hydrogen-bond donors (Lipinski definition) is 2. The van der Waals surface area contributed by atoms with Gasteiger partial charge in [-0.3, -0.25) is 9.59 Å². The van der Waals surface area contributed by atoms with Crippen LogP contribution >= 0.6 is 0 Å². The number of furan rings is 1. The number of alkyl halides is 3. The summed E-state index contributed by atoms with van der Waals surface area (Å²) < 4.78 is 71.1. The van der Waals surface area contributed by atoms with Gasteiger partial charge in [0, 0.05) is 23.8 Å². The number of hydrogen-bond acceptors (Lipinski definition) is 9. The van der Waals surface area contributed by atoms with E-state index in [4.69, 9.17) is 4.42 Å². The lowest BCUT2D eigenvalue weighted by Crippen LogP contribution is -2.47. The van der Waals surface area contributed by atoms with Gasteiger partial charge in [0.15, 0.2) is 10.8 Å². The van der Waals surface area contributed by atoms with Gasteiger partial charge in [-0.1, -0.05) is 38.2 Å². The second-order valence-corrected chi connectivity index (χ2v) is 11.9. The molecule has 1 aliphatic heterocycles. The molecular weight excluding hydrogens is 581 g/mol. The molecule has 224 valence electrons. The number of amides is 2. The third-order valence-corrected chi connectivity index (χ3v) is 8.75. The van der Waals surface area contributed by atoms with Gasteiger partial charge in [0.25, 0.3) is 10.0 Å². The number of fused-ring (bicyclic) bond motifs is 1. The molecule has 1 aromatic carbocycles. The molecular formula is C27H27F3N4O7S. The van der Waals surface area contributed by atoms with Gasteiger partial charge in [-0.2, -0.15) is 21.6 Å². The molecule has 2 amide bonds. The van der Waals surface area contributed by atoms with Crippen molar-refractivity contribution in [3.8, 4) is 0 Å². The number of carbonyl (C=O) groups excluding carboxylic acids is 3.